The predicted molar refractivity (Wildman–Crippen MR) is 121 cm³/mol. The fourth-order valence-electron chi connectivity index (χ4n) is 2.63. The zero-order valence-electron chi connectivity index (χ0n) is 17.5. The Morgan fingerprint density at radius 3 is 2.23 bits per heavy atom. The monoisotopic (exact) mass is 448 g/mol. The first-order chi connectivity index (χ1) is 14.2. The lowest BCUT2D eigenvalue weighted by Gasteiger charge is -2.11. The third-order valence-corrected chi connectivity index (χ3v) is 5.70. The van der Waals surface area contributed by atoms with Crippen LogP contribution in [0.2, 0.25) is 0 Å². The molecule has 1 amide bonds. The van der Waals surface area contributed by atoms with Gasteiger partial charge >= 0.3 is 11.9 Å². The highest BCUT2D eigenvalue weighted by Gasteiger charge is 2.27. The maximum Gasteiger partial charge on any atom is 0.348 e. The smallest absolute Gasteiger partial charge is 0.348 e. The number of esters is 2. The average Bonchev–Trinajstić information content (AvgIpc) is 3.00. The van der Waals surface area contributed by atoms with Crippen LogP contribution >= 0.6 is 23.6 Å². The summed E-state index contributed by atoms with van der Waals surface area (Å²) >= 11 is 6.27. The summed E-state index contributed by atoms with van der Waals surface area (Å²) in [5.41, 5.74) is 3.14. The molecule has 0 fully saturated rings. The van der Waals surface area contributed by atoms with Crippen LogP contribution < -0.4 is 10.6 Å². The van der Waals surface area contributed by atoms with Gasteiger partial charge in [0, 0.05) is 5.56 Å². The van der Waals surface area contributed by atoms with Crippen LogP contribution in [0.4, 0.5) is 5.00 Å². The number of amides is 1. The van der Waals surface area contributed by atoms with E-state index in [1.165, 1.54) is 0 Å². The Bertz CT molecular complexity index is 998. The number of hydrogen-bond donors (Lipinski definition) is 2. The Kier molecular flexibility index (Phi) is 8.08. The minimum atomic E-state index is -0.590. The quantitative estimate of drug-likeness (QED) is 0.506. The van der Waals surface area contributed by atoms with E-state index in [0.29, 0.717) is 16.1 Å². The summed E-state index contributed by atoms with van der Waals surface area (Å²) in [6.07, 6.45) is 0. The summed E-state index contributed by atoms with van der Waals surface area (Å²) in [5, 5.41) is 5.74. The molecule has 0 spiro atoms. The van der Waals surface area contributed by atoms with Gasteiger partial charge < -0.3 is 14.8 Å². The molecule has 2 rings (SSSR count). The van der Waals surface area contributed by atoms with Gasteiger partial charge in [0.2, 0.25) is 0 Å². The molecule has 160 valence electrons. The first-order valence-corrected chi connectivity index (χ1v) is 10.6. The van der Waals surface area contributed by atoms with Crippen molar-refractivity contribution in [2.45, 2.75) is 34.6 Å². The van der Waals surface area contributed by atoms with Gasteiger partial charge in [0.15, 0.2) is 5.11 Å². The Morgan fingerprint density at radius 1 is 1.00 bits per heavy atom. The molecular formula is C21H24N2O5S2. The first kappa shape index (κ1) is 23.5. The second kappa shape index (κ2) is 10.3. The largest absolute Gasteiger partial charge is 0.462 e. The summed E-state index contributed by atoms with van der Waals surface area (Å²) < 4.78 is 10.2. The number of aryl methyl sites for hydroxylation is 2. The highest BCUT2D eigenvalue weighted by molar-refractivity contribution is 7.80. The minimum absolute atomic E-state index is 0.000403. The zero-order chi connectivity index (χ0) is 22.4. The fraction of sp³-hybridized carbons (Fsp3) is 0.333. The molecule has 1 aromatic heterocycles. The van der Waals surface area contributed by atoms with E-state index < -0.39 is 11.9 Å². The van der Waals surface area contributed by atoms with E-state index in [0.717, 1.165) is 22.5 Å². The molecule has 0 radical (unpaired) electrons. The van der Waals surface area contributed by atoms with Crippen LogP contribution in [0.1, 0.15) is 60.9 Å². The Labute approximate surface area is 184 Å². The highest BCUT2D eigenvalue weighted by atomic mass is 32.1. The fourth-order valence-corrected chi connectivity index (χ4v) is 3.99. The van der Waals surface area contributed by atoms with Gasteiger partial charge in [-0.25, -0.2) is 9.59 Å². The number of hydrogen-bond acceptors (Lipinski definition) is 7. The van der Waals surface area contributed by atoms with Crippen molar-refractivity contribution in [3.8, 4) is 0 Å². The molecule has 9 heteroatoms. The maximum atomic E-state index is 12.5. The summed E-state index contributed by atoms with van der Waals surface area (Å²) in [4.78, 5) is 37.4. The Balaban J connectivity index is 2.26. The minimum Gasteiger partial charge on any atom is -0.462 e. The Hall–Kier alpha value is -2.78. The molecular weight excluding hydrogens is 424 g/mol. The first-order valence-electron chi connectivity index (χ1n) is 9.36. The molecule has 2 aromatic rings. The molecule has 0 bridgehead atoms. The summed E-state index contributed by atoms with van der Waals surface area (Å²) in [6, 6.07) is 5.33. The van der Waals surface area contributed by atoms with E-state index in [2.05, 4.69) is 10.6 Å². The topological polar surface area (TPSA) is 93.7 Å². The van der Waals surface area contributed by atoms with E-state index in [-0.39, 0.29) is 34.7 Å². The van der Waals surface area contributed by atoms with Crippen molar-refractivity contribution in [2.75, 3.05) is 18.5 Å². The van der Waals surface area contributed by atoms with Gasteiger partial charge in [0.05, 0.1) is 18.8 Å². The lowest BCUT2D eigenvalue weighted by Crippen LogP contribution is -2.34. The van der Waals surface area contributed by atoms with Crippen molar-refractivity contribution in [2.24, 2.45) is 0 Å². The van der Waals surface area contributed by atoms with Crippen molar-refractivity contribution in [3.63, 3.8) is 0 Å². The van der Waals surface area contributed by atoms with Crippen LogP contribution in [0.3, 0.4) is 0 Å². The molecule has 0 aliphatic heterocycles. The van der Waals surface area contributed by atoms with Crippen LogP contribution in [0.15, 0.2) is 18.2 Å². The average molecular weight is 449 g/mol. The van der Waals surface area contributed by atoms with Gasteiger partial charge in [-0.2, -0.15) is 0 Å². The zero-order valence-corrected chi connectivity index (χ0v) is 19.1. The summed E-state index contributed by atoms with van der Waals surface area (Å²) in [6.45, 7) is 9.28. The molecule has 0 aliphatic carbocycles. The second-order valence-corrected chi connectivity index (χ2v) is 7.84. The van der Waals surface area contributed by atoms with Gasteiger partial charge in [-0.15, -0.1) is 11.3 Å². The molecule has 0 saturated carbocycles. The normalized spacial score (nSPS) is 10.3. The SMILES string of the molecule is CCOC(=O)c1sc(NC(=S)NC(=O)c2ccc(C)c(C)c2)c(C(=O)OCC)c1C. The number of thiocarbonyl (C=S) groups is 1. The van der Waals surface area contributed by atoms with Crippen LogP contribution in [0.25, 0.3) is 0 Å². The number of rotatable bonds is 6. The molecule has 1 heterocycles. The molecule has 0 unspecified atom stereocenters. The molecule has 7 nitrogen and oxygen atoms in total. The Morgan fingerprint density at radius 2 is 1.63 bits per heavy atom. The van der Waals surface area contributed by atoms with Crippen LogP contribution in [-0.4, -0.2) is 36.2 Å². The molecule has 30 heavy (non-hydrogen) atoms. The number of ether oxygens (including phenoxy) is 2. The van der Waals surface area contributed by atoms with E-state index in [1.807, 2.05) is 19.9 Å². The second-order valence-electron chi connectivity index (χ2n) is 6.41. The number of thiophene rings is 1. The van der Waals surface area contributed by atoms with E-state index in [1.54, 1.807) is 32.9 Å². The number of carbonyl (C=O) groups excluding carboxylic acids is 3. The number of anilines is 1. The lowest BCUT2D eigenvalue weighted by molar-refractivity contribution is 0.0527. The highest BCUT2D eigenvalue weighted by Crippen LogP contribution is 2.34. The van der Waals surface area contributed by atoms with Gasteiger partial charge in [0.25, 0.3) is 5.91 Å². The van der Waals surface area contributed by atoms with Gasteiger partial charge in [0.1, 0.15) is 9.88 Å². The maximum absolute atomic E-state index is 12.5. The molecule has 0 atom stereocenters. The summed E-state index contributed by atoms with van der Waals surface area (Å²) in [5.74, 6) is -1.51. The van der Waals surface area contributed by atoms with Gasteiger partial charge in [-0.3, -0.25) is 10.1 Å². The van der Waals surface area contributed by atoms with E-state index in [4.69, 9.17) is 21.7 Å². The molecule has 0 saturated heterocycles. The van der Waals surface area contributed by atoms with Gasteiger partial charge in [-0.05, 0) is 75.7 Å². The standard InChI is InChI=1S/C21H24N2O5S2/c1-6-27-19(25)15-13(5)16(20(26)28-7-2)30-18(15)23-21(29)22-17(24)14-9-8-11(3)12(4)10-14/h8-10H,6-7H2,1-5H3,(H2,22,23,24,29). The van der Waals surface area contributed by atoms with E-state index >= 15 is 0 Å². The number of nitrogens with one attached hydrogen (secondary N) is 2. The third-order valence-electron chi connectivity index (χ3n) is 4.31. The molecule has 2 N–H and O–H groups in total. The van der Waals surface area contributed by atoms with Crippen LogP contribution in [0, 0.1) is 20.8 Å². The van der Waals surface area contributed by atoms with Crippen LogP contribution in [-0.2, 0) is 9.47 Å². The molecule has 1 aromatic carbocycles. The van der Waals surface area contributed by atoms with Crippen molar-refractivity contribution < 1.29 is 23.9 Å². The lowest BCUT2D eigenvalue weighted by atomic mass is 10.1. The van der Waals surface area contributed by atoms with Crippen molar-refractivity contribution in [1.29, 1.82) is 0 Å². The van der Waals surface area contributed by atoms with Crippen LogP contribution in [0.5, 0.6) is 0 Å². The summed E-state index contributed by atoms with van der Waals surface area (Å²) in [7, 11) is 0. The van der Waals surface area contributed by atoms with Crippen molar-refractivity contribution in [1.82, 2.24) is 5.32 Å². The van der Waals surface area contributed by atoms with Crippen molar-refractivity contribution in [3.05, 3.63) is 50.9 Å². The predicted octanol–water partition coefficient (Wildman–Crippen LogP) is 4.15. The van der Waals surface area contributed by atoms with Crippen molar-refractivity contribution >= 4 is 51.5 Å². The molecule has 0 aliphatic rings. The number of carbonyl (C=O) groups is 3. The number of benzene rings is 1. The van der Waals surface area contributed by atoms with E-state index in [9.17, 15) is 14.4 Å². The third kappa shape index (κ3) is 5.43. The van der Waals surface area contributed by atoms with Gasteiger partial charge in [-0.1, -0.05) is 6.07 Å².